The predicted octanol–water partition coefficient (Wildman–Crippen LogP) is 0.817. The lowest BCUT2D eigenvalue weighted by Gasteiger charge is -2.10. The second-order valence-electron chi connectivity index (χ2n) is 4.94. The molecule has 1 aromatic rings. The Bertz CT molecular complexity index is 481. The van der Waals surface area contributed by atoms with Crippen molar-refractivity contribution in [3.8, 4) is 0 Å². The Morgan fingerprint density at radius 1 is 1.56 bits per heavy atom. The number of sulfone groups is 1. The average molecular weight is 271 g/mol. The van der Waals surface area contributed by atoms with Gasteiger partial charge in [-0.05, 0) is 25.3 Å². The van der Waals surface area contributed by atoms with Gasteiger partial charge in [-0.25, -0.2) is 13.4 Å². The highest BCUT2D eigenvalue weighted by atomic mass is 32.2. The zero-order chi connectivity index (χ0) is 13.0. The molecule has 1 saturated heterocycles. The van der Waals surface area contributed by atoms with Gasteiger partial charge >= 0.3 is 0 Å². The molecule has 1 aliphatic heterocycles. The summed E-state index contributed by atoms with van der Waals surface area (Å²) in [6.45, 7) is 4.59. The van der Waals surface area contributed by atoms with E-state index in [9.17, 15) is 8.42 Å². The minimum Gasteiger partial charge on any atom is -0.334 e. The van der Waals surface area contributed by atoms with Crippen molar-refractivity contribution in [3.63, 3.8) is 0 Å². The van der Waals surface area contributed by atoms with E-state index >= 15 is 0 Å². The molecular weight excluding hydrogens is 250 g/mol. The fourth-order valence-electron chi connectivity index (χ4n) is 2.37. The van der Waals surface area contributed by atoms with Crippen molar-refractivity contribution < 1.29 is 8.42 Å². The Hall–Kier alpha value is -0.880. The van der Waals surface area contributed by atoms with E-state index < -0.39 is 9.84 Å². The molecule has 0 aromatic carbocycles. The molecule has 18 heavy (non-hydrogen) atoms. The van der Waals surface area contributed by atoms with Crippen LogP contribution in [0.4, 0.5) is 0 Å². The van der Waals surface area contributed by atoms with Crippen LogP contribution in [0, 0.1) is 5.92 Å². The molecule has 1 aliphatic rings. The van der Waals surface area contributed by atoms with Crippen LogP contribution in [0.25, 0.3) is 0 Å². The van der Waals surface area contributed by atoms with Crippen LogP contribution in [-0.2, 0) is 22.9 Å². The molecule has 0 bridgehead atoms. The first kappa shape index (κ1) is 13.5. The third-order valence-corrected chi connectivity index (χ3v) is 5.15. The Balaban J connectivity index is 1.77. The summed E-state index contributed by atoms with van der Waals surface area (Å²) in [5.74, 6) is 1.98. The first-order valence-corrected chi connectivity index (χ1v) is 8.34. The standard InChI is InChI=1S/C12H21N3O2S/c1-2-5-15-6-4-14-12(15)9-13-8-11-3-7-18(16,17)10-11/h4,6,11,13H,2-3,5,7-10H2,1H3. The fraction of sp³-hybridized carbons (Fsp3) is 0.750. The van der Waals surface area contributed by atoms with Gasteiger partial charge in [0.15, 0.2) is 9.84 Å². The van der Waals surface area contributed by atoms with Gasteiger partial charge in [0.25, 0.3) is 0 Å². The van der Waals surface area contributed by atoms with Crippen LogP contribution >= 0.6 is 0 Å². The molecule has 102 valence electrons. The van der Waals surface area contributed by atoms with Gasteiger partial charge in [-0.1, -0.05) is 6.92 Å². The monoisotopic (exact) mass is 271 g/mol. The first-order valence-electron chi connectivity index (χ1n) is 6.52. The second-order valence-corrected chi connectivity index (χ2v) is 7.17. The van der Waals surface area contributed by atoms with Gasteiger partial charge in [0.1, 0.15) is 5.82 Å². The van der Waals surface area contributed by atoms with Gasteiger partial charge in [-0.15, -0.1) is 0 Å². The summed E-state index contributed by atoms with van der Waals surface area (Å²) >= 11 is 0. The lowest BCUT2D eigenvalue weighted by Crippen LogP contribution is -2.24. The number of nitrogens with one attached hydrogen (secondary N) is 1. The molecule has 2 heterocycles. The number of nitrogens with zero attached hydrogens (tertiary/aromatic N) is 2. The molecule has 0 radical (unpaired) electrons. The SMILES string of the molecule is CCCn1ccnc1CNCC1CCS(=O)(=O)C1. The average Bonchev–Trinajstić information content (AvgIpc) is 2.87. The summed E-state index contributed by atoms with van der Waals surface area (Å²) in [4.78, 5) is 4.31. The minimum atomic E-state index is -2.76. The van der Waals surface area contributed by atoms with Crippen molar-refractivity contribution in [1.29, 1.82) is 0 Å². The Kier molecular flexibility index (Phi) is 4.40. The van der Waals surface area contributed by atoms with E-state index in [1.54, 1.807) is 0 Å². The van der Waals surface area contributed by atoms with Crippen LogP contribution in [0.3, 0.4) is 0 Å². The van der Waals surface area contributed by atoms with Gasteiger partial charge < -0.3 is 9.88 Å². The molecule has 1 atom stereocenters. The fourth-order valence-corrected chi connectivity index (χ4v) is 4.23. The largest absolute Gasteiger partial charge is 0.334 e. The van der Waals surface area contributed by atoms with Gasteiger partial charge in [0, 0.05) is 18.9 Å². The molecule has 1 fully saturated rings. The van der Waals surface area contributed by atoms with Crippen LogP contribution in [-0.4, -0.2) is 36.0 Å². The molecule has 0 saturated carbocycles. The topological polar surface area (TPSA) is 64.0 Å². The number of rotatable bonds is 6. The quantitative estimate of drug-likeness (QED) is 0.832. The maximum atomic E-state index is 11.3. The van der Waals surface area contributed by atoms with Crippen molar-refractivity contribution in [2.24, 2.45) is 5.92 Å². The second kappa shape index (κ2) is 5.84. The molecule has 1 N–H and O–H groups in total. The molecule has 0 spiro atoms. The summed E-state index contributed by atoms with van der Waals surface area (Å²) in [6, 6.07) is 0. The van der Waals surface area contributed by atoms with Crippen LogP contribution in [0.2, 0.25) is 0 Å². The van der Waals surface area contributed by atoms with E-state index in [-0.39, 0.29) is 5.92 Å². The number of hydrogen-bond acceptors (Lipinski definition) is 4. The normalized spacial score (nSPS) is 22.4. The number of hydrogen-bond donors (Lipinski definition) is 1. The molecule has 5 nitrogen and oxygen atoms in total. The molecule has 1 unspecified atom stereocenters. The molecule has 0 aliphatic carbocycles. The van der Waals surface area contributed by atoms with E-state index in [2.05, 4.69) is 21.8 Å². The van der Waals surface area contributed by atoms with Gasteiger partial charge in [0.2, 0.25) is 0 Å². The molecular formula is C12H21N3O2S. The third-order valence-electron chi connectivity index (χ3n) is 3.31. The Morgan fingerprint density at radius 3 is 3.06 bits per heavy atom. The number of aromatic nitrogens is 2. The number of imidazole rings is 1. The summed E-state index contributed by atoms with van der Waals surface area (Å²) in [5, 5.41) is 3.32. The van der Waals surface area contributed by atoms with E-state index in [0.717, 1.165) is 31.8 Å². The van der Waals surface area contributed by atoms with Crippen LogP contribution < -0.4 is 5.32 Å². The van der Waals surface area contributed by atoms with Crippen molar-refractivity contribution in [2.75, 3.05) is 18.1 Å². The highest BCUT2D eigenvalue weighted by molar-refractivity contribution is 7.91. The molecule has 1 aromatic heterocycles. The maximum Gasteiger partial charge on any atom is 0.150 e. The third kappa shape index (κ3) is 3.55. The first-order chi connectivity index (χ1) is 8.61. The zero-order valence-corrected chi connectivity index (χ0v) is 11.6. The van der Waals surface area contributed by atoms with Crippen LogP contribution in [0.5, 0.6) is 0 Å². The molecule has 2 rings (SSSR count). The summed E-state index contributed by atoms with van der Waals surface area (Å²) in [6.07, 6.45) is 5.68. The molecule has 0 amide bonds. The summed E-state index contributed by atoms with van der Waals surface area (Å²) in [5.41, 5.74) is 0. The van der Waals surface area contributed by atoms with E-state index in [0.29, 0.717) is 18.1 Å². The van der Waals surface area contributed by atoms with E-state index in [1.807, 2.05) is 12.4 Å². The lowest BCUT2D eigenvalue weighted by atomic mass is 10.1. The zero-order valence-electron chi connectivity index (χ0n) is 10.8. The van der Waals surface area contributed by atoms with Crippen molar-refractivity contribution in [1.82, 2.24) is 14.9 Å². The van der Waals surface area contributed by atoms with Gasteiger partial charge in [-0.3, -0.25) is 0 Å². The Morgan fingerprint density at radius 2 is 2.39 bits per heavy atom. The highest BCUT2D eigenvalue weighted by Crippen LogP contribution is 2.17. The maximum absolute atomic E-state index is 11.3. The van der Waals surface area contributed by atoms with Crippen molar-refractivity contribution in [3.05, 3.63) is 18.2 Å². The summed E-state index contributed by atoms with van der Waals surface area (Å²) in [7, 11) is -2.76. The highest BCUT2D eigenvalue weighted by Gasteiger charge is 2.27. The van der Waals surface area contributed by atoms with Gasteiger partial charge in [-0.2, -0.15) is 0 Å². The van der Waals surface area contributed by atoms with Crippen LogP contribution in [0.15, 0.2) is 12.4 Å². The van der Waals surface area contributed by atoms with Crippen molar-refractivity contribution in [2.45, 2.75) is 32.9 Å². The summed E-state index contributed by atoms with van der Waals surface area (Å²) < 4.78 is 24.8. The van der Waals surface area contributed by atoms with Gasteiger partial charge in [0.05, 0.1) is 18.1 Å². The van der Waals surface area contributed by atoms with E-state index in [4.69, 9.17) is 0 Å². The predicted molar refractivity (Wildman–Crippen MR) is 71.0 cm³/mol. The lowest BCUT2D eigenvalue weighted by molar-refractivity contribution is 0.503. The van der Waals surface area contributed by atoms with E-state index in [1.165, 1.54) is 0 Å². The van der Waals surface area contributed by atoms with Crippen molar-refractivity contribution >= 4 is 9.84 Å². The minimum absolute atomic E-state index is 0.268. The number of aryl methyl sites for hydroxylation is 1. The molecule has 6 heteroatoms. The van der Waals surface area contributed by atoms with Crippen LogP contribution in [0.1, 0.15) is 25.6 Å². The smallest absolute Gasteiger partial charge is 0.150 e. The Labute approximate surface area is 109 Å².